The number of aliphatic hydroxyl groups excluding tert-OH is 1. The number of aromatic nitrogens is 2. The first-order valence-corrected chi connectivity index (χ1v) is 8.89. The number of alkyl halides is 2. The van der Waals surface area contributed by atoms with Gasteiger partial charge in [0, 0.05) is 12.6 Å². The first kappa shape index (κ1) is 18.7. The normalized spacial score (nSPS) is 15.7. The van der Waals surface area contributed by atoms with Gasteiger partial charge in [0.05, 0.1) is 18.7 Å². The molecule has 8 heteroatoms. The Kier molecular flexibility index (Phi) is 6.51. The monoisotopic (exact) mass is 367 g/mol. The minimum absolute atomic E-state index is 0.00865. The van der Waals surface area contributed by atoms with Gasteiger partial charge < -0.3 is 14.4 Å². The average Bonchev–Trinajstić information content (AvgIpc) is 3.10. The molecule has 1 aliphatic rings. The van der Waals surface area contributed by atoms with Gasteiger partial charge in [-0.2, -0.15) is 13.8 Å². The molecule has 26 heavy (non-hydrogen) atoms. The van der Waals surface area contributed by atoms with Gasteiger partial charge in [-0.1, -0.05) is 36.6 Å². The first-order valence-electron chi connectivity index (χ1n) is 8.89. The molecule has 142 valence electrons. The Balaban J connectivity index is 1.74. The van der Waals surface area contributed by atoms with Gasteiger partial charge in [0.15, 0.2) is 0 Å². The Hall–Kier alpha value is -2.06. The largest absolute Gasteiger partial charge is 0.434 e. The number of ether oxygens (including phenoxy) is 1. The van der Waals surface area contributed by atoms with Gasteiger partial charge in [0.25, 0.3) is 0 Å². The predicted molar refractivity (Wildman–Crippen MR) is 90.7 cm³/mol. The zero-order valence-electron chi connectivity index (χ0n) is 14.5. The maximum Gasteiger partial charge on any atom is 0.387 e. The molecular weight excluding hydrogens is 344 g/mol. The molecule has 1 fully saturated rings. The quantitative estimate of drug-likeness (QED) is 0.770. The van der Waals surface area contributed by atoms with E-state index < -0.39 is 6.61 Å². The third kappa shape index (κ3) is 4.76. The Bertz CT molecular complexity index is 690. The van der Waals surface area contributed by atoms with Crippen LogP contribution < -0.4 is 4.74 Å². The maximum absolute atomic E-state index is 12.6. The molecular formula is C18H23F2N3O3. The molecule has 1 aromatic heterocycles. The molecule has 0 radical (unpaired) electrons. The number of para-hydroxylation sites is 1. The van der Waals surface area contributed by atoms with Crippen LogP contribution in [-0.2, 0) is 6.54 Å². The lowest BCUT2D eigenvalue weighted by Crippen LogP contribution is -2.38. The van der Waals surface area contributed by atoms with Crippen LogP contribution in [-0.4, -0.2) is 46.0 Å². The van der Waals surface area contributed by atoms with E-state index in [2.05, 4.69) is 19.8 Å². The second-order valence-electron chi connectivity index (χ2n) is 6.37. The SMILES string of the molecule is OCCN(Cc1nc(-c2ccccc2OC(F)F)no1)C1CCCCC1. The summed E-state index contributed by atoms with van der Waals surface area (Å²) in [7, 11) is 0. The number of benzene rings is 1. The van der Waals surface area contributed by atoms with E-state index >= 15 is 0 Å². The Morgan fingerprint density at radius 3 is 2.73 bits per heavy atom. The minimum Gasteiger partial charge on any atom is -0.434 e. The Morgan fingerprint density at radius 2 is 2.00 bits per heavy atom. The maximum atomic E-state index is 12.6. The highest BCUT2D eigenvalue weighted by molar-refractivity contribution is 5.63. The van der Waals surface area contributed by atoms with E-state index in [4.69, 9.17) is 4.52 Å². The lowest BCUT2D eigenvalue weighted by atomic mass is 9.94. The lowest BCUT2D eigenvalue weighted by molar-refractivity contribution is -0.0494. The molecule has 0 saturated heterocycles. The molecule has 0 unspecified atom stereocenters. The molecule has 2 aromatic rings. The van der Waals surface area contributed by atoms with E-state index in [1.807, 2.05) is 0 Å². The minimum atomic E-state index is -2.92. The summed E-state index contributed by atoms with van der Waals surface area (Å²) < 4.78 is 35.0. The molecule has 1 N–H and O–H groups in total. The predicted octanol–water partition coefficient (Wildman–Crippen LogP) is 3.47. The van der Waals surface area contributed by atoms with Crippen molar-refractivity contribution in [1.82, 2.24) is 15.0 Å². The fourth-order valence-electron chi connectivity index (χ4n) is 3.42. The number of nitrogens with zero attached hydrogens (tertiary/aromatic N) is 3. The third-order valence-corrected chi connectivity index (χ3v) is 4.63. The van der Waals surface area contributed by atoms with E-state index in [1.165, 1.54) is 25.3 Å². The zero-order chi connectivity index (χ0) is 18.4. The topological polar surface area (TPSA) is 71.6 Å². The average molecular weight is 367 g/mol. The Morgan fingerprint density at radius 1 is 1.23 bits per heavy atom. The molecule has 0 spiro atoms. The summed E-state index contributed by atoms with van der Waals surface area (Å²) in [5.41, 5.74) is 0.356. The van der Waals surface area contributed by atoms with Crippen molar-refractivity contribution in [2.24, 2.45) is 0 Å². The van der Waals surface area contributed by atoms with Crippen LogP contribution in [0, 0.1) is 0 Å². The second-order valence-corrected chi connectivity index (χ2v) is 6.37. The molecule has 1 aromatic carbocycles. The molecule has 1 saturated carbocycles. The van der Waals surface area contributed by atoms with Crippen LogP contribution in [0.15, 0.2) is 28.8 Å². The fraction of sp³-hybridized carbons (Fsp3) is 0.556. The van der Waals surface area contributed by atoms with Crippen LogP contribution in [0.5, 0.6) is 5.75 Å². The summed E-state index contributed by atoms with van der Waals surface area (Å²) in [6.07, 6.45) is 5.78. The third-order valence-electron chi connectivity index (χ3n) is 4.63. The molecule has 0 aliphatic heterocycles. The lowest BCUT2D eigenvalue weighted by Gasteiger charge is -2.32. The fourth-order valence-corrected chi connectivity index (χ4v) is 3.42. The van der Waals surface area contributed by atoms with Crippen molar-refractivity contribution in [1.29, 1.82) is 0 Å². The number of hydrogen-bond donors (Lipinski definition) is 1. The smallest absolute Gasteiger partial charge is 0.387 e. The number of halogens is 2. The molecule has 0 amide bonds. The van der Waals surface area contributed by atoms with E-state index in [0.29, 0.717) is 30.6 Å². The molecule has 0 bridgehead atoms. The van der Waals surface area contributed by atoms with E-state index in [1.54, 1.807) is 18.2 Å². The van der Waals surface area contributed by atoms with Crippen LogP contribution in [0.4, 0.5) is 8.78 Å². The standard InChI is InChI=1S/C18H23F2N3O3/c19-18(20)25-15-9-5-4-8-14(15)17-21-16(26-22-17)12-23(10-11-24)13-6-2-1-3-7-13/h4-5,8-9,13,18,24H,1-3,6-7,10-12H2. The van der Waals surface area contributed by atoms with Crippen molar-refractivity contribution in [3.63, 3.8) is 0 Å². The summed E-state index contributed by atoms with van der Waals surface area (Å²) >= 11 is 0. The van der Waals surface area contributed by atoms with Crippen LogP contribution in [0.2, 0.25) is 0 Å². The van der Waals surface area contributed by atoms with Crippen molar-refractivity contribution < 1.29 is 23.1 Å². The highest BCUT2D eigenvalue weighted by atomic mass is 19.3. The highest BCUT2D eigenvalue weighted by Gasteiger charge is 2.23. The zero-order valence-corrected chi connectivity index (χ0v) is 14.5. The van der Waals surface area contributed by atoms with Gasteiger partial charge in [-0.3, -0.25) is 4.90 Å². The van der Waals surface area contributed by atoms with Crippen molar-refractivity contribution in [2.45, 2.75) is 51.3 Å². The molecule has 1 heterocycles. The summed E-state index contributed by atoms with van der Waals surface area (Å²) in [6.45, 7) is -1.90. The van der Waals surface area contributed by atoms with Crippen molar-refractivity contribution in [3.8, 4) is 17.1 Å². The van der Waals surface area contributed by atoms with E-state index in [0.717, 1.165) is 12.8 Å². The van der Waals surface area contributed by atoms with Gasteiger partial charge in [-0.25, -0.2) is 0 Å². The van der Waals surface area contributed by atoms with Crippen molar-refractivity contribution in [2.75, 3.05) is 13.2 Å². The van der Waals surface area contributed by atoms with Gasteiger partial charge in [0.2, 0.25) is 11.7 Å². The first-order chi connectivity index (χ1) is 12.7. The van der Waals surface area contributed by atoms with Crippen molar-refractivity contribution in [3.05, 3.63) is 30.2 Å². The van der Waals surface area contributed by atoms with Gasteiger partial charge in [0.1, 0.15) is 5.75 Å². The van der Waals surface area contributed by atoms with Gasteiger partial charge in [-0.05, 0) is 25.0 Å². The van der Waals surface area contributed by atoms with Gasteiger partial charge >= 0.3 is 6.61 Å². The number of rotatable bonds is 8. The summed E-state index contributed by atoms with van der Waals surface area (Å²) in [6, 6.07) is 6.75. The second kappa shape index (κ2) is 9.05. The molecule has 3 rings (SSSR count). The highest BCUT2D eigenvalue weighted by Crippen LogP contribution is 2.29. The van der Waals surface area contributed by atoms with Crippen LogP contribution >= 0.6 is 0 Å². The van der Waals surface area contributed by atoms with Crippen LogP contribution in [0.1, 0.15) is 38.0 Å². The Labute approximate surface area is 150 Å². The molecule has 1 aliphatic carbocycles. The summed E-state index contributed by atoms with van der Waals surface area (Å²) in [5.74, 6) is 0.615. The van der Waals surface area contributed by atoms with Crippen LogP contribution in [0.3, 0.4) is 0 Å². The molecule has 6 nitrogen and oxygen atoms in total. The van der Waals surface area contributed by atoms with Crippen molar-refractivity contribution >= 4 is 0 Å². The number of aliphatic hydroxyl groups is 1. The van der Waals surface area contributed by atoms with Gasteiger partial charge in [-0.15, -0.1) is 0 Å². The number of hydrogen-bond acceptors (Lipinski definition) is 6. The van der Waals surface area contributed by atoms with E-state index in [9.17, 15) is 13.9 Å². The summed E-state index contributed by atoms with van der Waals surface area (Å²) in [4.78, 5) is 6.49. The summed E-state index contributed by atoms with van der Waals surface area (Å²) in [5, 5.41) is 13.3. The van der Waals surface area contributed by atoms with E-state index in [-0.39, 0.29) is 18.2 Å². The molecule has 0 atom stereocenters. The van der Waals surface area contributed by atoms with Crippen LogP contribution in [0.25, 0.3) is 11.4 Å².